The summed E-state index contributed by atoms with van der Waals surface area (Å²) in [6, 6.07) is 10.7. The second-order valence-corrected chi connectivity index (χ2v) is 6.01. The molecule has 1 unspecified atom stereocenters. The smallest absolute Gasteiger partial charge is 0.0341 e. The van der Waals surface area contributed by atoms with Crippen LogP contribution in [0.2, 0.25) is 0 Å². The second-order valence-electron chi connectivity index (χ2n) is 6.01. The van der Waals surface area contributed by atoms with Gasteiger partial charge in [-0.3, -0.25) is 0 Å². The van der Waals surface area contributed by atoms with Crippen LogP contribution in [0, 0.1) is 5.92 Å². The Balaban J connectivity index is 1.84. The molecular formula is C17H28N2. The molecule has 106 valence electrons. The highest BCUT2D eigenvalue weighted by Gasteiger charge is 2.26. The standard InChI is InChI=1S/C17H28N2/c1-2-17(14-18,13-16-7-4-3-5-8-16)19-12-6-9-15-10-11-15/h3-5,7-8,15,19H,2,6,9-14,18H2,1H3. The zero-order valence-electron chi connectivity index (χ0n) is 12.2. The SMILES string of the molecule is CCC(CN)(Cc1ccccc1)NCCCC1CC1. The van der Waals surface area contributed by atoms with Crippen molar-refractivity contribution < 1.29 is 0 Å². The highest BCUT2D eigenvalue weighted by molar-refractivity contribution is 5.18. The predicted molar refractivity (Wildman–Crippen MR) is 82.2 cm³/mol. The Bertz CT molecular complexity index is 353. The first-order valence-electron chi connectivity index (χ1n) is 7.77. The average molecular weight is 260 g/mol. The highest BCUT2D eigenvalue weighted by atomic mass is 15.0. The van der Waals surface area contributed by atoms with Crippen LogP contribution in [0.15, 0.2) is 30.3 Å². The van der Waals surface area contributed by atoms with Gasteiger partial charge in [0.05, 0.1) is 0 Å². The van der Waals surface area contributed by atoms with Crippen molar-refractivity contribution in [2.45, 2.75) is 51.0 Å². The summed E-state index contributed by atoms with van der Waals surface area (Å²) in [5.74, 6) is 1.03. The van der Waals surface area contributed by atoms with Crippen LogP contribution in [0.1, 0.15) is 44.6 Å². The first kappa shape index (κ1) is 14.5. The van der Waals surface area contributed by atoms with Gasteiger partial charge >= 0.3 is 0 Å². The second kappa shape index (κ2) is 7.06. The monoisotopic (exact) mass is 260 g/mol. The lowest BCUT2D eigenvalue weighted by Crippen LogP contribution is -2.52. The molecule has 1 aromatic rings. The van der Waals surface area contributed by atoms with Crippen molar-refractivity contribution in [3.8, 4) is 0 Å². The topological polar surface area (TPSA) is 38.0 Å². The number of nitrogens with one attached hydrogen (secondary N) is 1. The lowest BCUT2D eigenvalue weighted by Gasteiger charge is -2.33. The van der Waals surface area contributed by atoms with E-state index < -0.39 is 0 Å². The molecule has 0 amide bonds. The van der Waals surface area contributed by atoms with Crippen LogP contribution in [0.3, 0.4) is 0 Å². The van der Waals surface area contributed by atoms with Crippen molar-refractivity contribution >= 4 is 0 Å². The third kappa shape index (κ3) is 4.63. The van der Waals surface area contributed by atoms with Gasteiger partial charge in [-0.15, -0.1) is 0 Å². The Morgan fingerprint density at radius 1 is 1.26 bits per heavy atom. The Morgan fingerprint density at radius 3 is 2.58 bits per heavy atom. The van der Waals surface area contributed by atoms with Crippen LogP contribution >= 0.6 is 0 Å². The van der Waals surface area contributed by atoms with Crippen molar-refractivity contribution in [1.29, 1.82) is 0 Å². The fourth-order valence-electron chi connectivity index (χ4n) is 2.74. The number of rotatable bonds is 9. The van der Waals surface area contributed by atoms with Crippen LogP contribution < -0.4 is 11.1 Å². The van der Waals surface area contributed by atoms with Crippen LogP contribution in [-0.2, 0) is 6.42 Å². The van der Waals surface area contributed by atoms with E-state index in [0.29, 0.717) is 6.54 Å². The summed E-state index contributed by atoms with van der Waals surface area (Å²) in [4.78, 5) is 0. The fourth-order valence-corrected chi connectivity index (χ4v) is 2.74. The molecule has 0 aromatic heterocycles. The Kier molecular flexibility index (Phi) is 5.41. The Morgan fingerprint density at radius 2 is 2.00 bits per heavy atom. The summed E-state index contributed by atoms with van der Waals surface area (Å²) in [5, 5.41) is 3.74. The first-order chi connectivity index (χ1) is 9.28. The molecule has 1 aliphatic carbocycles. The summed E-state index contributed by atoms with van der Waals surface area (Å²) in [6.07, 6.45) is 7.72. The van der Waals surface area contributed by atoms with Gasteiger partial charge in [0.15, 0.2) is 0 Å². The molecule has 1 aliphatic rings. The lowest BCUT2D eigenvalue weighted by atomic mass is 9.88. The number of nitrogens with two attached hydrogens (primary N) is 1. The van der Waals surface area contributed by atoms with Gasteiger partial charge in [-0.25, -0.2) is 0 Å². The van der Waals surface area contributed by atoms with Crippen LogP contribution in [0.5, 0.6) is 0 Å². The summed E-state index contributed by atoms with van der Waals surface area (Å²) < 4.78 is 0. The molecule has 19 heavy (non-hydrogen) atoms. The number of hydrogen-bond acceptors (Lipinski definition) is 2. The number of benzene rings is 1. The van der Waals surface area contributed by atoms with E-state index in [2.05, 4.69) is 42.6 Å². The van der Waals surface area contributed by atoms with Crippen LogP contribution in [0.4, 0.5) is 0 Å². The normalized spacial score (nSPS) is 18.2. The molecule has 3 N–H and O–H groups in total. The molecule has 2 nitrogen and oxygen atoms in total. The molecule has 1 fully saturated rings. The quantitative estimate of drug-likeness (QED) is 0.670. The molecular weight excluding hydrogens is 232 g/mol. The van der Waals surface area contributed by atoms with Gasteiger partial charge in [-0.2, -0.15) is 0 Å². The van der Waals surface area contributed by atoms with Crippen LogP contribution in [-0.4, -0.2) is 18.6 Å². The molecule has 2 heteroatoms. The molecule has 0 saturated heterocycles. The number of hydrogen-bond donors (Lipinski definition) is 2. The summed E-state index contributed by atoms with van der Waals surface area (Å²) >= 11 is 0. The van der Waals surface area contributed by atoms with Crippen molar-refractivity contribution in [1.82, 2.24) is 5.32 Å². The maximum atomic E-state index is 6.06. The molecule has 1 aromatic carbocycles. The fraction of sp³-hybridized carbons (Fsp3) is 0.647. The third-order valence-corrected chi connectivity index (χ3v) is 4.44. The Labute approximate surface area is 117 Å². The van der Waals surface area contributed by atoms with E-state index in [4.69, 9.17) is 5.73 Å². The van der Waals surface area contributed by atoms with E-state index in [1.54, 1.807) is 0 Å². The van der Waals surface area contributed by atoms with Gasteiger partial charge in [-0.05, 0) is 43.7 Å². The van der Waals surface area contributed by atoms with E-state index in [1.807, 2.05) is 0 Å². The van der Waals surface area contributed by atoms with E-state index >= 15 is 0 Å². The summed E-state index contributed by atoms with van der Waals surface area (Å²) in [5.41, 5.74) is 7.51. The highest BCUT2D eigenvalue weighted by Crippen LogP contribution is 2.33. The molecule has 0 spiro atoms. The summed E-state index contributed by atoms with van der Waals surface area (Å²) in [6.45, 7) is 4.06. The lowest BCUT2D eigenvalue weighted by molar-refractivity contribution is 0.314. The average Bonchev–Trinajstić information content (AvgIpc) is 3.28. The van der Waals surface area contributed by atoms with E-state index in [9.17, 15) is 0 Å². The largest absolute Gasteiger partial charge is 0.329 e. The zero-order valence-corrected chi connectivity index (χ0v) is 12.2. The molecule has 0 radical (unpaired) electrons. The van der Waals surface area contributed by atoms with Gasteiger partial charge in [0.1, 0.15) is 0 Å². The molecule has 0 heterocycles. The van der Waals surface area contributed by atoms with Crippen molar-refractivity contribution in [2.75, 3.05) is 13.1 Å². The first-order valence-corrected chi connectivity index (χ1v) is 7.77. The van der Waals surface area contributed by atoms with Gasteiger partial charge in [0.25, 0.3) is 0 Å². The maximum Gasteiger partial charge on any atom is 0.0341 e. The van der Waals surface area contributed by atoms with Gasteiger partial charge in [-0.1, -0.05) is 50.1 Å². The molecule has 2 rings (SSSR count). The van der Waals surface area contributed by atoms with Gasteiger partial charge < -0.3 is 11.1 Å². The van der Waals surface area contributed by atoms with Crippen molar-refractivity contribution in [3.63, 3.8) is 0 Å². The molecule has 0 bridgehead atoms. The minimum absolute atomic E-state index is 0.0743. The van der Waals surface area contributed by atoms with E-state index in [0.717, 1.165) is 25.3 Å². The van der Waals surface area contributed by atoms with E-state index in [-0.39, 0.29) is 5.54 Å². The predicted octanol–water partition coefficient (Wildman–Crippen LogP) is 3.12. The minimum Gasteiger partial charge on any atom is -0.329 e. The molecule has 0 aliphatic heterocycles. The minimum atomic E-state index is 0.0743. The van der Waals surface area contributed by atoms with Gasteiger partial charge in [0, 0.05) is 12.1 Å². The van der Waals surface area contributed by atoms with Gasteiger partial charge in [0.2, 0.25) is 0 Å². The van der Waals surface area contributed by atoms with E-state index in [1.165, 1.54) is 31.2 Å². The van der Waals surface area contributed by atoms with Crippen LogP contribution in [0.25, 0.3) is 0 Å². The maximum absolute atomic E-state index is 6.06. The molecule has 1 saturated carbocycles. The summed E-state index contributed by atoms with van der Waals surface area (Å²) in [7, 11) is 0. The van der Waals surface area contributed by atoms with Crippen molar-refractivity contribution in [2.24, 2.45) is 11.7 Å². The Hall–Kier alpha value is -0.860. The zero-order chi connectivity index (χ0) is 13.6. The third-order valence-electron chi connectivity index (χ3n) is 4.44. The van der Waals surface area contributed by atoms with Crippen molar-refractivity contribution in [3.05, 3.63) is 35.9 Å². The molecule has 1 atom stereocenters.